The van der Waals surface area contributed by atoms with E-state index in [0.29, 0.717) is 38.3 Å². The molecule has 1 aromatic carbocycles. The molecule has 0 atom stereocenters. The SMILES string of the molecule is N#Cc1cc(F)ccc1NCC1(O)CCOCC1. The summed E-state index contributed by atoms with van der Waals surface area (Å²) in [5, 5.41) is 22.2. The molecular formula is C13H15FN2O2. The number of hydrogen-bond acceptors (Lipinski definition) is 4. The number of benzene rings is 1. The quantitative estimate of drug-likeness (QED) is 0.856. The van der Waals surface area contributed by atoms with E-state index in [-0.39, 0.29) is 5.56 Å². The lowest BCUT2D eigenvalue weighted by Gasteiger charge is -2.32. The van der Waals surface area contributed by atoms with Crippen molar-refractivity contribution in [1.82, 2.24) is 0 Å². The predicted molar refractivity (Wildman–Crippen MR) is 64.6 cm³/mol. The second-order valence-corrected chi connectivity index (χ2v) is 4.49. The summed E-state index contributed by atoms with van der Waals surface area (Å²) in [5.74, 6) is -0.443. The monoisotopic (exact) mass is 250 g/mol. The van der Waals surface area contributed by atoms with E-state index < -0.39 is 11.4 Å². The Labute approximate surface area is 105 Å². The molecule has 1 fully saturated rings. The molecule has 0 aliphatic carbocycles. The fourth-order valence-electron chi connectivity index (χ4n) is 1.95. The molecule has 5 heteroatoms. The van der Waals surface area contributed by atoms with Gasteiger partial charge in [-0.3, -0.25) is 0 Å². The third kappa shape index (κ3) is 2.97. The molecule has 18 heavy (non-hydrogen) atoms. The highest BCUT2D eigenvalue weighted by Crippen LogP contribution is 2.22. The largest absolute Gasteiger partial charge is 0.388 e. The molecule has 2 N–H and O–H groups in total. The van der Waals surface area contributed by atoms with Gasteiger partial charge in [-0.25, -0.2) is 4.39 Å². The van der Waals surface area contributed by atoms with Crippen LogP contribution in [0.1, 0.15) is 18.4 Å². The minimum absolute atomic E-state index is 0.241. The van der Waals surface area contributed by atoms with Gasteiger partial charge in [-0.15, -0.1) is 0 Å². The summed E-state index contributed by atoms with van der Waals surface area (Å²) in [6, 6.07) is 5.90. The lowest BCUT2D eigenvalue weighted by molar-refractivity contribution is -0.0543. The first-order valence-corrected chi connectivity index (χ1v) is 5.87. The van der Waals surface area contributed by atoms with Crippen LogP contribution in [-0.2, 0) is 4.74 Å². The molecule has 2 rings (SSSR count). The van der Waals surface area contributed by atoms with Crippen molar-refractivity contribution in [2.24, 2.45) is 0 Å². The van der Waals surface area contributed by atoms with E-state index in [2.05, 4.69) is 5.32 Å². The Bertz CT molecular complexity index is 465. The molecule has 1 aliphatic rings. The maximum atomic E-state index is 13.0. The average Bonchev–Trinajstić information content (AvgIpc) is 2.38. The fraction of sp³-hybridized carbons (Fsp3) is 0.462. The lowest BCUT2D eigenvalue weighted by atomic mass is 9.94. The Kier molecular flexibility index (Phi) is 3.80. The van der Waals surface area contributed by atoms with Crippen molar-refractivity contribution in [2.45, 2.75) is 18.4 Å². The molecule has 1 aromatic rings. The van der Waals surface area contributed by atoms with E-state index in [0.717, 1.165) is 0 Å². The summed E-state index contributed by atoms with van der Waals surface area (Å²) in [4.78, 5) is 0. The van der Waals surface area contributed by atoms with Gasteiger partial charge in [0.25, 0.3) is 0 Å². The summed E-state index contributed by atoms with van der Waals surface area (Å²) in [7, 11) is 0. The summed E-state index contributed by atoms with van der Waals surface area (Å²) in [6.45, 7) is 1.40. The summed E-state index contributed by atoms with van der Waals surface area (Å²) >= 11 is 0. The Morgan fingerprint density at radius 2 is 2.17 bits per heavy atom. The van der Waals surface area contributed by atoms with Crippen LogP contribution in [0.2, 0.25) is 0 Å². The van der Waals surface area contributed by atoms with Crippen LogP contribution in [0, 0.1) is 17.1 Å². The summed E-state index contributed by atoms with van der Waals surface area (Å²) < 4.78 is 18.1. The van der Waals surface area contributed by atoms with Crippen molar-refractivity contribution < 1.29 is 14.2 Å². The van der Waals surface area contributed by atoms with Gasteiger partial charge >= 0.3 is 0 Å². The fourth-order valence-corrected chi connectivity index (χ4v) is 1.95. The average molecular weight is 250 g/mol. The molecule has 0 amide bonds. The molecule has 0 saturated carbocycles. The lowest BCUT2D eigenvalue weighted by Crippen LogP contribution is -2.42. The topological polar surface area (TPSA) is 65.3 Å². The van der Waals surface area contributed by atoms with Gasteiger partial charge in [-0.2, -0.15) is 5.26 Å². The molecule has 1 saturated heterocycles. The van der Waals surface area contributed by atoms with Crippen LogP contribution in [0.5, 0.6) is 0 Å². The molecule has 0 radical (unpaired) electrons. The van der Waals surface area contributed by atoms with Crippen LogP contribution in [0.3, 0.4) is 0 Å². The molecule has 0 spiro atoms. The molecule has 0 unspecified atom stereocenters. The Morgan fingerprint density at radius 1 is 1.44 bits per heavy atom. The van der Waals surface area contributed by atoms with Crippen LogP contribution >= 0.6 is 0 Å². The van der Waals surface area contributed by atoms with Crippen molar-refractivity contribution in [3.05, 3.63) is 29.6 Å². The molecule has 4 nitrogen and oxygen atoms in total. The number of anilines is 1. The maximum absolute atomic E-state index is 13.0. The second kappa shape index (κ2) is 5.34. The molecule has 96 valence electrons. The first-order chi connectivity index (χ1) is 8.63. The molecule has 1 aliphatic heterocycles. The number of nitrogens with zero attached hydrogens (tertiary/aromatic N) is 1. The first kappa shape index (κ1) is 12.8. The normalized spacial score (nSPS) is 18.1. The highest BCUT2D eigenvalue weighted by atomic mass is 19.1. The number of halogens is 1. The van der Waals surface area contributed by atoms with E-state index in [1.165, 1.54) is 18.2 Å². The highest BCUT2D eigenvalue weighted by molar-refractivity contribution is 5.57. The molecule has 0 aromatic heterocycles. The highest BCUT2D eigenvalue weighted by Gasteiger charge is 2.29. The van der Waals surface area contributed by atoms with Crippen molar-refractivity contribution in [2.75, 3.05) is 25.1 Å². The summed E-state index contributed by atoms with van der Waals surface area (Å²) in [5.41, 5.74) is -0.0382. The number of aliphatic hydroxyl groups is 1. The van der Waals surface area contributed by atoms with Gasteiger partial charge in [0.1, 0.15) is 11.9 Å². The van der Waals surface area contributed by atoms with Gasteiger partial charge in [0.15, 0.2) is 0 Å². The third-order valence-corrected chi connectivity index (χ3v) is 3.13. The first-order valence-electron chi connectivity index (χ1n) is 5.87. The third-order valence-electron chi connectivity index (χ3n) is 3.13. The molecule has 0 bridgehead atoms. The Hall–Kier alpha value is -1.64. The minimum Gasteiger partial charge on any atom is -0.388 e. The van der Waals surface area contributed by atoms with Crippen LogP contribution in [0.15, 0.2) is 18.2 Å². The van der Waals surface area contributed by atoms with E-state index in [4.69, 9.17) is 10.00 Å². The smallest absolute Gasteiger partial charge is 0.124 e. The van der Waals surface area contributed by atoms with Crippen molar-refractivity contribution in [1.29, 1.82) is 5.26 Å². The van der Waals surface area contributed by atoms with Gasteiger partial charge in [0.2, 0.25) is 0 Å². The van der Waals surface area contributed by atoms with E-state index >= 15 is 0 Å². The number of rotatable bonds is 3. The van der Waals surface area contributed by atoms with E-state index in [9.17, 15) is 9.50 Å². The van der Waals surface area contributed by atoms with Crippen molar-refractivity contribution in [3.8, 4) is 6.07 Å². The number of nitriles is 1. The second-order valence-electron chi connectivity index (χ2n) is 4.49. The zero-order valence-electron chi connectivity index (χ0n) is 9.95. The van der Waals surface area contributed by atoms with Gasteiger partial charge in [0.05, 0.1) is 16.9 Å². The zero-order chi connectivity index (χ0) is 13.0. The number of ether oxygens (including phenoxy) is 1. The van der Waals surface area contributed by atoms with E-state index in [1.54, 1.807) is 0 Å². The summed E-state index contributed by atoms with van der Waals surface area (Å²) in [6.07, 6.45) is 1.12. The number of nitrogens with one attached hydrogen (secondary N) is 1. The van der Waals surface area contributed by atoms with Gasteiger partial charge < -0.3 is 15.2 Å². The van der Waals surface area contributed by atoms with Crippen LogP contribution in [0.4, 0.5) is 10.1 Å². The Morgan fingerprint density at radius 3 is 2.83 bits per heavy atom. The predicted octanol–water partition coefficient (Wildman–Crippen LogP) is 1.65. The number of hydrogen-bond donors (Lipinski definition) is 2. The molecular weight excluding hydrogens is 235 g/mol. The Balaban J connectivity index is 2.04. The van der Waals surface area contributed by atoms with Gasteiger partial charge in [-0.1, -0.05) is 0 Å². The standard InChI is InChI=1S/C13H15FN2O2/c14-11-1-2-12(10(7-11)8-15)16-9-13(17)3-5-18-6-4-13/h1-2,7,16-17H,3-6,9H2. The minimum atomic E-state index is -0.820. The maximum Gasteiger partial charge on any atom is 0.124 e. The molecule has 1 heterocycles. The van der Waals surface area contributed by atoms with Crippen LogP contribution in [0.25, 0.3) is 0 Å². The zero-order valence-corrected chi connectivity index (χ0v) is 9.95. The van der Waals surface area contributed by atoms with Crippen LogP contribution < -0.4 is 5.32 Å². The van der Waals surface area contributed by atoms with Crippen LogP contribution in [-0.4, -0.2) is 30.5 Å². The van der Waals surface area contributed by atoms with Gasteiger partial charge in [0, 0.05) is 32.6 Å². The van der Waals surface area contributed by atoms with Crippen molar-refractivity contribution in [3.63, 3.8) is 0 Å². The van der Waals surface area contributed by atoms with E-state index in [1.807, 2.05) is 6.07 Å². The van der Waals surface area contributed by atoms with Crippen molar-refractivity contribution >= 4 is 5.69 Å². The van der Waals surface area contributed by atoms with Gasteiger partial charge in [-0.05, 0) is 18.2 Å².